The summed E-state index contributed by atoms with van der Waals surface area (Å²) in [7, 11) is -3.00. The highest BCUT2D eigenvalue weighted by atomic mass is 32.2. The van der Waals surface area contributed by atoms with Crippen LogP contribution in [0.3, 0.4) is 0 Å². The first-order valence-corrected chi connectivity index (χ1v) is 6.19. The van der Waals surface area contributed by atoms with E-state index in [4.69, 9.17) is 0 Å². The van der Waals surface area contributed by atoms with Crippen molar-refractivity contribution >= 4 is 27.8 Å². The zero-order valence-corrected chi connectivity index (χ0v) is 10.1. The number of imide groups is 1. The molecule has 0 bridgehead atoms. The van der Waals surface area contributed by atoms with Gasteiger partial charge in [-0.15, -0.1) is 0 Å². The number of rotatable bonds is 3. The molecule has 9 heteroatoms. The van der Waals surface area contributed by atoms with E-state index in [0.717, 1.165) is 14.0 Å². The quantitative estimate of drug-likeness (QED) is 0.459. The number of piperazine rings is 1. The molecular formula is C8H12N2O6S. The van der Waals surface area contributed by atoms with Crippen molar-refractivity contribution in [3.05, 3.63) is 0 Å². The molecule has 1 saturated heterocycles. The molecule has 0 saturated carbocycles. The smallest absolute Gasteiger partial charge is 0.325 e. The van der Waals surface area contributed by atoms with Crippen LogP contribution in [0, 0.1) is 0 Å². The molecule has 1 aliphatic heterocycles. The van der Waals surface area contributed by atoms with Gasteiger partial charge in [0.25, 0.3) is 0 Å². The fourth-order valence-corrected chi connectivity index (χ4v) is 2.68. The molecular weight excluding hydrogens is 252 g/mol. The number of amides is 2. The summed E-state index contributed by atoms with van der Waals surface area (Å²) in [5.74, 6) is -2.38. The average molecular weight is 264 g/mol. The zero-order chi connectivity index (χ0) is 13.2. The van der Waals surface area contributed by atoms with Crippen LogP contribution in [0.2, 0.25) is 0 Å². The molecule has 0 aromatic rings. The van der Waals surface area contributed by atoms with Crippen LogP contribution in [-0.4, -0.2) is 56.0 Å². The molecule has 8 nitrogen and oxygen atoms in total. The lowest BCUT2D eigenvalue weighted by atomic mass is 10.4. The highest BCUT2D eigenvalue weighted by molar-refractivity contribution is 7.90. The highest BCUT2D eigenvalue weighted by Crippen LogP contribution is 2.11. The lowest BCUT2D eigenvalue weighted by molar-refractivity contribution is -0.140. The van der Waals surface area contributed by atoms with Crippen LogP contribution >= 0.6 is 0 Å². The molecule has 1 heterocycles. The first-order chi connectivity index (χ1) is 7.78. The van der Waals surface area contributed by atoms with Crippen LogP contribution in [-0.2, 0) is 29.1 Å². The average Bonchev–Trinajstić information content (AvgIpc) is 2.25. The van der Waals surface area contributed by atoms with Crippen molar-refractivity contribution in [1.29, 1.82) is 0 Å². The molecule has 0 aliphatic carbocycles. The van der Waals surface area contributed by atoms with E-state index in [1.54, 1.807) is 0 Å². The number of hydrogen-bond acceptors (Lipinski definition) is 6. The minimum absolute atomic E-state index is 0.477. The summed E-state index contributed by atoms with van der Waals surface area (Å²) in [5.41, 5.74) is 0. The fourth-order valence-electron chi connectivity index (χ4n) is 1.30. The molecule has 0 aromatic carbocycles. The second kappa shape index (κ2) is 4.80. The lowest BCUT2D eigenvalue weighted by Crippen LogP contribution is -2.55. The topological polar surface area (TPSA) is 110 Å². The first-order valence-electron chi connectivity index (χ1n) is 4.68. The van der Waals surface area contributed by atoms with Crippen molar-refractivity contribution in [1.82, 2.24) is 9.62 Å². The zero-order valence-electron chi connectivity index (χ0n) is 9.30. The Kier molecular flexibility index (Phi) is 3.83. The summed E-state index contributed by atoms with van der Waals surface area (Å²) in [6, 6.07) is 0. The number of methoxy groups -OCH3 is 1. The molecule has 17 heavy (non-hydrogen) atoms. The number of nitrogens with one attached hydrogen (secondary N) is 1. The summed E-state index contributed by atoms with van der Waals surface area (Å²) in [6.07, 6.45) is 0. The molecule has 0 spiro atoms. The Morgan fingerprint density at radius 1 is 1.35 bits per heavy atom. The first kappa shape index (κ1) is 13.6. The summed E-state index contributed by atoms with van der Waals surface area (Å²) >= 11 is 0. The summed E-state index contributed by atoms with van der Waals surface area (Å²) < 4.78 is 28.7. The highest BCUT2D eigenvalue weighted by Gasteiger charge is 2.38. The number of nitrogens with zero attached hydrogens (tertiary/aromatic N) is 1. The van der Waals surface area contributed by atoms with Gasteiger partial charge < -0.3 is 4.74 Å². The van der Waals surface area contributed by atoms with Crippen molar-refractivity contribution in [2.75, 3.05) is 20.2 Å². The van der Waals surface area contributed by atoms with Gasteiger partial charge in [-0.3, -0.25) is 19.7 Å². The van der Waals surface area contributed by atoms with Gasteiger partial charge >= 0.3 is 5.97 Å². The van der Waals surface area contributed by atoms with Gasteiger partial charge in [0.15, 0.2) is 5.25 Å². The van der Waals surface area contributed by atoms with Gasteiger partial charge in [0, 0.05) is 0 Å². The van der Waals surface area contributed by atoms with Crippen LogP contribution in [0.15, 0.2) is 0 Å². The summed E-state index contributed by atoms with van der Waals surface area (Å²) in [6.45, 7) is 0.184. The third kappa shape index (κ3) is 2.80. The predicted octanol–water partition coefficient (Wildman–Crippen LogP) is -2.16. The second-order valence-electron chi connectivity index (χ2n) is 3.45. The molecule has 1 atom stereocenters. The molecule has 0 aromatic heterocycles. The molecule has 1 fully saturated rings. The van der Waals surface area contributed by atoms with Crippen LogP contribution in [0.1, 0.15) is 6.92 Å². The lowest BCUT2D eigenvalue weighted by Gasteiger charge is -2.26. The van der Waals surface area contributed by atoms with Crippen molar-refractivity contribution in [3.63, 3.8) is 0 Å². The normalized spacial score (nSPS) is 19.6. The van der Waals surface area contributed by atoms with Gasteiger partial charge in [-0.05, 0) is 6.92 Å². The van der Waals surface area contributed by atoms with E-state index in [2.05, 4.69) is 4.74 Å². The number of hydrogen-bond donors (Lipinski definition) is 1. The minimum atomic E-state index is -4.06. The van der Waals surface area contributed by atoms with Gasteiger partial charge in [-0.1, -0.05) is 0 Å². The van der Waals surface area contributed by atoms with Crippen LogP contribution in [0.25, 0.3) is 0 Å². The third-order valence-electron chi connectivity index (χ3n) is 2.26. The van der Waals surface area contributed by atoms with E-state index in [1.807, 2.05) is 5.32 Å². The van der Waals surface area contributed by atoms with Gasteiger partial charge in [-0.25, -0.2) is 8.42 Å². The van der Waals surface area contributed by atoms with Crippen molar-refractivity contribution in [2.24, 2.45) is 0 Å². The molecule has 1 aliphatic rings. The molecule has 1 N–H and O–H groups in total. The maximum atomic E-state index is 11.9. The van der Waals surface area contributed by atoms with Crippen LogP contribution in [0.4, 0.5) is 0 Å². The summed E-state index contributed by atoms with van der Waals surface area (Å²) in [5, 5.41) is 0.511. The SMILES string of the molecule is COC(=O)C(C)S(=O)(=O)N1CC(=O)NC(=O)C1. The Hall–Kier alpha value is -1.48. The predicted molar refractivity (Wildman–Crippen MR) is 55.1 cm³/mol. The van der Waals surface area contributed by atoms with E-state index in [1.165, 1.54) is 0 Å². The maximum Gasteiger partial charge on any atom is 0.325 e. The van der Waals surface area contributed by atoms with E-state index in [-0.39, 0.29) is 0 Å². The number of carbonyl (C=O) groups is 3. The van der Waals surface area contributed by atoms with Crippen molar-refractivity contribution < 1.29 is 27.5 Å². The number of carbonyl (C=O) groups excluding carboxylic acids is 3. The molecule has 2 amide bonds. The van der Waals surface area contributed by atoms with Gasteiger partial charge in [0.1, 0.15) is 0 Å². The number of ether oxygens (including phenoxy) is 1. The van der Waals surface area contributed by atoms with E-state index in [0.29, 0.717) is 4.31 Å². The van der Waals surface area contributed by atoms with Crippen LogP contribution < -0.4 is 5.32 Å². The summed E-state index contributed by atoms with van der Waals surface area (Å²) in [4.78, 5) is 33.2. The molecule has 1 rings (SSSR count). The monoisotopic (exact) mass is 264 g/mol. The maximum absolute atomic E-state index is 11.9. The Balaban J connectivity index is 2.94. The minimum Gasteiger partial charge on any atom is -0.468 e. The van der Waals surface area contributed by atoms with E-state index >= 15 is 0 Å². The molecule has 1 unspecified atom stereocenters. The fraction of sp³-hybridized carbons (Fsp3) is 0.625. The van der Waals surface area contributed by atoms with Gasteiger partial charge in [-0.2, -0.15) is 4.31 Å². The Bertz CT molecular complexity index is 441. The number of esters is 1. The van der Waals surface area contributed by atoms with Crippen molar-refractivity contribution in [2.45, 2.75) is 12.2 Å². The van der Waals surface area contributed by atoms with E-state index < -0.39 is 46.1 Å². The van der Waals surface area contributed by atoms with Crippen molar-refractivity contribution in [3.8, 4) is 0 Å². The van der Waals surface area contributed by atoms with Crippen LogP contribution in [0.5, 0.6) is 0 Å². The number of sulfonamides is 1. The van der Waals surface area contributed by atoms with E-state index in [9.17, 15) is 22.8 Å². The molecule has 96 valence electrons. The standard InChI is InChI=1S/C8H12N2O6S/c1-5(8(13)16-2)17(14,15)10-3-6(11)9-7(12)4-10/h5H,3-4H2,1-2H3,(H,9,11,12). The molecule has 0 radical (unpaired) electrons. The van der Waals surface area contributed by atoms with Gasteiger partial charge in [0.2, 0.25) is 21.8 Å². The Morgan fingerprint density at radius 2 is 1.82 bits per heavy atom. The Labute approximate surface area is 98.0 Å². The van der Waals surface area contributed by atoms with Gasteiger partial charge in [0.05, 0.1) is 20.2 Å². The second-order valence-corrected chi connectivity index (χ2v) is 5.70. The Morgan fingerprint density at radius 3 is 2.24 bits per heavy atom. The third-order valence-corrected chi connectivity index (χ3v) is 4.32. The largest absolute Gasteiger partial charge is 0.468 e.